The van der Waals surface area contributed by atoms with Crippen LogP contribution in [0.1, 0.15) is 36.8 Å². The van der Waals surface area contributed by atoms with Gasteiger partial charge in [0.05, 0.1) is 6.54 Å². The van der Waals surface area contributed by atoms with Crippen LogP contribution in [0.3, 0.4) is 0 Å². The van der Waals surface area contributed by atoms with Gasteiger partial charge >= 0.3 is 0 Å². The number of aromatic nitrogens is 3. The molecule has 5 heteroatoms. The van der Waals surface area contributed by atoms with Crippen molar-refractivity contribution < 1.29 is 0 Å². The normalized spacial score (nSPS) is 11.3. The molecule has 0 fully saturated rings. The molecule has 0 amide bonds. The van der Waals surface area contributed by atoms with Gasteiger partial charge in [-0.25, -0.2) is 9.67 Å². The van der Waals surface area contributed by atoms with Gasteiger partial charge in [-0.05, 0) is 42.7 Å². The maximum absolute atomic E-state index is 4.27. The first kappa shape index (κ1) is 12.3. The molecule has 0 spiro atoms. The molecule has 4 nitrogen and oxygen atoms in total. The average molecular weight is 250 g/mol. The summed E-state index contributed by atoms with van der Waals surface area (Å²) in [7, 11) is 0. The lowest BCUT2D eigenvalue weighted by atomic mass is 10.2. The van der Waals surface area contributed by atoms with Crippen molar-refractivity contribution in [1.82, 2.24) is 20.1 Å². The van der Waals surface area contributed by atoms with Gasteiger partial charge in [0.25, 0.3) is 0 Å². The molecule has 17 heavy (non-hydrogen) atoms. The molecule has 0 aliphatic rings. The van der Waals surface area contributed by atoms with E-state index in [0.717, 1.165) is 18.9 Å². The van der Waals surface area contributed by atoms with E-state index >= 15 is 0 Å². The summed E-state index contributed by atoms with van der Waals surface area (Å²) in [5, 5.41) is 12.0. The van der Waals surface area contributed by atoms with Crippen molar-refractivity contribution in [3.8, 4) is 0 Å². The van der Waals surface area contributed by atoms with Crippen LogP contribution in [-0.2, 0) is 13.1 Å². The predicted molar refractivity (Wildman–Crippen MR) is 70.0 cm³/mol. The molecule has 0 saturated heterocycles. The summed E-state index contributed by atoms with van der Waals surface area (Å²) in [5.41, 5.74) is 2.72. The van der Waals surface area contributed by atoms with E-state index in [1.165, 1.54) is 11.1 Å². The highest BCUT2D eigenvalue weighted by molar-refractivity contribution is 7.08. The van der Waals surface area contributed by atoms with Crippen molar-refractivity contribution in [2.45, 2.75) is 39.9 Å². The van der Waals surface area contributed by atoms with Crippen LogP contribution in [0.4, 0.5) is 0 Å². The lowest BCUT2D eigenvalue weighted by Gasteiger charge is -2.10. The topological polar surface area (TPSA) is 42.7 Å². The first-order valence-corrected chi connectivity index (χ1v) is 6.73. The number of nitrogens with one attached hydrogen (secondary N) is 1. The van der Waals surface area contributed by atoms with Crippen LogP contribution in [0.25, 0.3) is 0 Å². The quantitative estimate of drug-likeness (QED) is 0.886. The Kier molecular flexibility index (Phi) is 3.91. The smallest absolute Gasteiger partial charge is 0.141 e. The fourth-order valence-corrected chi connectivity index (χ4v) is 2.57. The molecule has 0 bridgehead atoms. The summed E-state index contributed by atoms with van der Waals surface area (Å²) in [6.45, 7) is 8.01. The standard InChI is InChI=1S/C12H18N4S/c1-9(2)16-12(14-8-15-16)5-13-4-11-7-17-6-10(11)3/h6-9,13H,4-5H2,1-3H3. The highest BCUT2D eigenvalue weighted by atomic mass is 32.1. The van der Waals surface area contributed by atoms with E-state index in [1.807, 2.05) is 4.68 Å². The molecule has 2 rings (SSSR count). The van der Waals surface area contributed by atoms with Gasteiger partial charge in [0.15, 0.2) is 0 Å². The van der Waals surface area contributed by atoms with E-state index in [2.05, 4.69) is 46.9 Å². The number of thiophene rings is 1. The second-order valence-corrected chi connectivity index (χ2v) is 5.14. The van der Waals surface area contributed by atoms with Gasteiger partial charge in [0.2, 0.25) is 0 Å². The zero-order valence-electron chi connectivity index (χ0n) is 10.5. The third-order valence-electron chi connectivity index (χ3n) is 2.70. The van der Waals surface area contributed by atoms with Crippen LogP contribution in [-0.4, -0.2) is 14.8 Å². The minimum atomic E-state index is 0.359. The number of aryl methyl sites for hydroxylation is 1. The summed E-state index contributed by atoms with van der Waals surface area (Å²) in [6, 6.07) is 0.359. The maximum Gasteiger partial charge on any atom is 0.141 e. The zero-order valence-corrected chi connectivity index (χ0v) is 11.3. The monoisotopic (exact) mass is 250 g/mol. The van der Waals surface area contributed by atoms with Crippen LogP contribution < -0.4 is 5.32 Å². The summed E-state index contributed by atoms with van der Waals surface area (Å²) in [5.74, 6) is 0.993. The third-order valence-corrected chi connectivity index (χ3v) is 3.61. The SMILES string of the molecule is Cc1cscc1CNCc1ncnn1C(C)C. The molecule has 0 radical (unpaired) electrons. The Hall–Kier alpha value is -1.20. The number of rotatable bonds is 5. The molecule has 2 aromatic rings. The molecule has 0 aliphatic carbocycles. The Morgan fingerprint density at radius 3 is 2.82 bits per heavy atom. The summed E-state index contributed by atoms with van der Waals surface area (Å²) in [6.07, 6.45) is 1.62. The average Bonchev–Trinajstić information content (AvgIpc) is 2.88. The van der Waals surface area contributed by atoms with Crippen molar-refractivity contribution in [3.63, 3.8) is 0 Å². The largest absolute Gasteiger partial charge is 0.306 e. The highest BCUT2D eigenvalue weighted by Gasteiger charge is 2.07. The molecular formula is C12H18N4S. The Balaban J connectivity index is 1.90. The molecule has 0 atom stereocenters. The second-order valence-electron chi connectivity index (χ2n) is 4.40. The van der Waals surface area contributed by atoms with Crippen molar-refractivity contribution >= 4 is 11.3 Å². The van der Waals surface area contributed by atoms with Crippen LogP contribution in [0, 0.1) is 6.92 Å². The minimum Gasteiger partial charge on any atom is -0.306 e. The van der Waals surface area contributed by atoms with Crippen molar-refractivity contribution in [2.24, 2.45) is 0 Å². The van der Waals surface area contributed by atoms with Gasteiger partial charge in [-0.3, -0.25) is 0 Å². The predicted octanol–water partition coefficient (Wildman–Crippen LogP) is 2.52. The molecule has 92 valence electrons. The van der Waals surface area contributed by atoms with E-state index in [0.29, 0.717) is 6.04 Å². The number of hydrogen-bond donors (Lipinski definition) is 1. The maximum atomic E-state index is 4.27. The lowest BCUT2D eigenvalue weighted by Crippen LogP contribution is -2.18. The second kappa shape index (κ2) is 5.42. The van der Waals surface area contributed by atoms with Crippen LogP contribution in [0.5, 0.6) is 0 Å². The Morgan fingerprint density at radius 1 is 1.35 bits per heavy atom. The van der Waals surface area contributed by atoms with Gasteiger partial charge in [0.1, 0.15) is 12.2 Å². The summed E-state index contributed by atoms with van der Waals surface area (Å²) < 4.78 is 1.95. The van der Waals surface area contributed by atoms with Crippen LogP contribution in [0.2, 0.25) is 0 Å². The van der Waals surface area contributed by atoms with Gasteiger partial charge in [-0.15, -0.1) is 0 Å². The van der Waals surface area contributed by atoms with Crippen LogP contribution in [0.15, 0.2) is 17.1 Å². The molecule has 1 N–H and O–H groups in total. The molecule has 2 aromatic heterocycles. The minimum absolute atomic E-state index is 0.359. The van der Waals surface area contributed by atoms with Gasteiger partial charge < -0.3 is 5.32 Å². The molecule has 0 unspecified atom stereocenters. The first-order valence-electron chi connectivity index (χ1n) is 5.79. The summed E-state index contributed by atoms with van der Waals surface area (Å²) in [4.78, 5) is 4.27. The van der Waals surface area contributed by atoms with Crippen LogP contribution >= 0.6 is 11.3 Å². The van der Waals surface area contributed by atoms with E-state index < -0.39 is 0 Å². The van der Waals surface area contributed by atoms with E-state index in [9.17, 15) is 0 Å². The van der Waals surface area contributed by atoms with Gasteiger partial charge in [0, 0.05) is 12.6 Å². The lowest BCUT2D eigenvalue weighted by molar-refractivity contribution is 0.490. The molecule has 0 saturated carbocycles. The Morgan fingerprint density at radius 2 is 2.18 bits per heavy atom. The molecule has 0 aromatic carbocycles. The molecule has 2 heterocycles. The van der Waals surface area contributed by atoms with E-state index in [-0.39, 0.29) is 0 Å². The molecule has 0 aliphatic heterocycles. The van der Waals surface area contributed by atoms with Gasteiger partial charge in [-0.1, -0.05) is 0 Å². The molecular weight excluding hydrogens is 232 g/mol. The summed E-state index contributed by atoms with van der Waals surface area (Å²) >= 11 is 1.75. The van der Waals surface area contributed by atoms with E-state index in [4.69, 9.17) is 0 Å². The number of hydrogen-bond acceptors (Lipinski definition) is 4. The number of nitrogens with zero attached hydrogens (tertiary/aromatic N) is 3. The van der Waals surface area contributed by atoms with Crippen molar-refractivity contribution in [3.05, 3.63) is 34.0 Å². The van der Waals surface area contributed by atoms with Gasteiger partial charge in [-0.2, -0.15) is 16.4 Å². The van der Waals surface area contributed by atoms with Crippen molar-refractivity contribution in [2.75, 3.05) is 0 Å². The zero-order chi connectivity index (χ0) is 12.3. The Bertz CT molecular complexity index is 472. The first-order chi connectivity index (χ1) is 8.18. The fourth-order valence-electron chi connectivity index (χ4n) is 1.71. The highest BCUT2D eigenvalue weighted by Crippen LogP contribution is 2.13. The Labute approximate surface area is 106 Å². The van der Waals surface area contributed by atoms with E-state index in [1.54, 1.807) is 17.7 Å². The van der Waals surface area contributed by atoms with Crippen molar-refractivity contribution in [1.29, 1.82) is 0 Å². The third kappa shape index (κ3) is 2.92. The fraction of sp³-hybridized carbons (Fsp3) is 0.500.